The van der Waals surface area contributed by atoms with Gasteiger partial charge in [0.2, 0.25) is 0 Å². The van der Waals surface area contributed by atoms with Crippen LogP contribution in [0.3, 0.4) is 0 Å². The summed E-state index contributed by atoms with van der Waals surface area (Å²) in [5.41, 5.74) is 7.02. The number of non-ortho nitro benzene ring substituents is 1. The zero-order valence-corrected chi connectivity index (χ0v) is 15.3. The van der Waals surface area contributed by atoms with Gasteiger partial charge in [0.25, 0.3) is 5.69 Å². The number of nitrogens with zero attached hydrogens (tertiary/aromatic N) is 3. The highest BCUT2D eigenvalue weighted by Crippen LogP contribution is 2.34. The molecule has 3 aromatic rings. The molecule has 0 saturated carbocycles. The van der Waals surface area contributed by atoms with E-state index in [1.807, 2.05) is 0 Å². The maximum atomic E-state index is 11.0. The van der Waals surface area contributed by atoms with Crippen molar-refractivity contribution in [3.05, 3.63) is 120 Å². The fourth-order valence-corrected chi connectivity index (χ4v) is 3.08. The van der Waals surface area contributed by atoms with Crippen molar-refractivity contribution in [3.8, 4) is 0 Å². The van der Waals surface area contributed by atoms with Crippen LogP contribution in [0.1, 0.15) is 22.6 Å². The predicted octanol–water partition coefficient (Wildman–Crippen LogP) is 3.98. The Hall–Kier alpha value is -4.54. The van der Waals surface area contributed by atoms with Gasteiger partial charge in [-0.3, -0.25) is 10.1 Å². The van der Waals surface area contributed by atoms with E-state index in [9.17, 15) is 30.3 Å². The van der Waals surface area contributed by atoms with E-state index in [-0.39, 0.29) is 11.6 Å². The minimum atomic E-state index is -0.663. The van der Waals surface area contributed by atoms with Crippen molar-refractivity contribution in [2.75, 3.05) is 10.9 Å². The van der Waals surface area contributed by atoms with E-state index in [2.05, 4.69) is 10.9 Å². The number of hydrogen-bond donors (Lipinski definition) is 2. The first-order chi connectivity index (χ1) is 14.3. The van der Waals surface area contributed by atoms with Gasteiger partial charge in [-0.15, -0.1) is 10.9 Å². The Morgan fingerprint density at radius 3 is 1.20 bits per heavy atom. The Balaban J connectivity index is 2.01. The van der Waals surface area contributed by atoms with Crippen molar-refractivity contribution < 1.29 is 15.0 Å². The van der Waals surface area contributed by atoms with Gasteiger partial charge in [-0.2, -0.15) is 0 Å². The molecule has 0 saturated heterocycles. The maximum absolute atomic E-state index is 11.0. The third-order valence-electron chi connectivity index (χ3n) is 4.37. The molecule has 0 heterocycles. The minimum absolute atomic E-state index is 0.0476. The second kappa shape index (κ2) is 8.65. The van der Waals surface area contributed by atoms with Crippen LogP contribution in [0.15, 0.2) is 72.8 Å². The van der Waals surface area contributed by atoms with Crippen molar-refractivity contribution in [2.45, 2.75) is 5.92 Å². The fraction of sp³-hybridized carbons (Fsp3) is 0.0526. The zero-order valence-electron chi connectivity index (χ0n) is 15.3. The highest BCUT2D eigenvalue weighted by molar-refractivity contribution is 5.52. The standard InChI is InChI=1S/C19H15N5O6/c25-22(26)18-11-5-15(6-12-18)19(13-1-7-16(8-2-13)20-23(27)28)14-3-9-17(10-4-14)21-24(29)30/h1-12,19-21H. The van der Waals surface area contributed by atoms with Crippen LogP contribution >= 0.6 is 0 Å². The number of rotatable bonds is 8. The molecule has 0 aliphatic rings. The van der Waals surface area contributed by atoms with Crippen LogP contribution in [-0.4, -0.2) is 15.0 Å². The molecule has 2 N–H and O–H groups in total. The summed E-state index contributed by atoms with van der Waals surface area (Å²) in [5.74, 6) is -0.347. The zero-order chi connectivity index (χ0) is 21.7. The normalized spacial score (nSPS) is 10.4. The lowest BCUT2D eigenvalue weighted by molar-refractivity contribution is -0.445. The maximum Gasteiger partial charge on any atom is 0.269 e. The highest BCUT2D eigenvalue weighted by atomic mass is 16.7. The highest BCUT2D eigenvalue weighted by Gasteiger charge is 2.19. The summed E-state index contributed by atoms with van der Waals surface area (Å²) in [6.07, 6.45) is 0. The van der Waals surface area contributed by atoms with E-state index in [1.54, 1.807) is 60.7 Å². The van der Waals surface area contributed by atoms with Crippen LogP contribution in [-0.2, 0) is 0 Å². The summed E-state index contributed by atoms with van der Waals surface area (Å²) in [4.78, 5) is 31.7. The Bertz CT molecular complexity index is 1010. The number of benzene rings is 3. The molecule has 0 radical (unpaired) electrons. The molecular formula is C19H15N5O6. The second-order valence-corrected chi connectivity index (χ2v) is 6.26. The van der Waals surface area contributed by atoms with E-state index in [0.29, 0.717) is 11.4 Å². The molecule has 0 fully saturated rings. The average molecular weight is 409 g/mol. The topological polar surface area (TPSA) is 153 Å². The molecule has 3 aromatic carbocycles. The van der Waals surface area contributed by atoms with E-state index in [0.717, 1.165) is 16.7 Å². The Labute approximate surface area is 169 Å². The van der Waals surface area contributed by atoms with Gasteiger partial charge in [-0.05, 0) is 41.0 Å². The first kappa shape index (κ1) is 20.2. The molecule has 30 heavy (non-hydrogen) atoms. The first-order valence-electron chi connectivity index (χ1n) is 8.60. The largest absolute Gasteiger partial charge is 0.269 e. The number of anilines is 2. The van der Waals surface area contributed by atoms with E-state index in [4.69, 9.17) is 0 Å². The van der Waals surface area contributed by atoms with Crippen molar-refractivity contribution in [3.63, 3.8) is 0 Å². The van der Waals surface area contributed by atoms with Gasteiger partial charge in [-0.25, -0.2) is 20.2 Å². The van der Waals surface area contributed by atoms with Gasteiger partial charge in [0, 0.05) is 18.1 Å². The smallest absolute Gasteiger partial charge is 0.258 e. The van der Waals surface area contributed by atoms with Crippen LogP contribution in [0, 0.1) is 30.3 Å². The van der Waals surface area contributed by atoms with Gasteiger partial charge in [0.05, 0.1) is 4.92 Å². The van der Waals surface area contributed by atoms with Crippen LogP contribution in [0.5, 0.6) is 0 Å². The van der Waals surface area contributed by atoms with Crippen molar-refractivity contribution in [2.24, 2.45) is 0 Å². The molecule has 0 spiro atoms. The van der Waals surface area contributed by atoms with E-state index < -0.39 is 15.0 Å². The van der Waals surface area contributed by atoms with Crippen LogP contribution < -0.4 is 10.9 Å². The number of nitro benzene ring substituents is 1. The summed E-state index contributed by atoms with van der Waals surface area (Å²) < 4.78 is 0. The van der Waals surface area contributed by atoms with E-state index >= 15 is 0 Å². The predicted molar refractivity (Wildman–Crippen MR) is 108 cm³/mol. The van der Waals surface area contributed by atoms with Gasteiger partial charge >= 0.3 is 0 Å². The van der Waals surface area contributed by atoms with Gasteiger partial charge in [0.1, 0.15) is 11.4 Å². The third kappa shape index (κ3) is 4.84. The Morgan fingerprint density at radius 1 is 0.567 bits per heavy atom. The first-order valence-corrected chi connectivity index (χ1v) is 8.60. The lowest BCUT2D eigenvalue weighted by Gasteiger charge is -2.19. The van der Waals surface area contributed by atoms with Gasteiger partial charge in [-0.1, -0.05) is 36.4 Å². The fourth-order valence-electron chi connectivity index (χ4n) is 3.08. The molecule has 11 heteroatoms. The quantitative estimate of drug-likeness (QED) is 0.322. The molecule has 152 valence electrons. The summed E-state index contributed by atoms with van der Waals surface area (Å²) in [6, 6.07) is 19.1. The number of hydrogen-bond acceptors (Lipinski definition) is 6. The van der Waals surface area contributed by atoms with Gasteiger partial charge < -0.3 is 0 Å². The molecular weight excluding hydrogens is 394 g/mol. The third-order valence-corrected chi connectivity index (χ3v) is 4.37. The molecule has 0 aliphatic carbocycles. The van der Waals surface area contributed by atoms with Crippen LogP contribution in [0.2, 0.25) is 0 Å². The molecule has 0 unspecified atom stereocenters. The average Bonchev–Trinajstić information content (AvgIpc) is 2.70. The lowest BCUT2D eigenvalue weighted by Crippen LogP contribution is -2.09. The molecule has 3 rings (SSSR count). The number of nitrogens with one attached hydrogen (secondary N) is 2. The van der Waals surface area contributed by atoms with Crippen LogP contribution in [0.4, 0.5) is 17.1 Å². The van der Waals surface area contributed by atoms with Crippen molar-refractivity contribution in [1.82, 2.24) is 0 Å². The molecule has 0 atom stereocenters. The lowest BCUT2D eigenvalue weighted by atomic mass is 9.85. The molecule has 11 nitrogen and oxygen atoms in total. The Morgan fingerprint density at radius 2 is 0.900 bits per heavy atom. The van der Waals surface area contributed by atoms with Crippen molar-refractivity contribution >= 4 is 17.1 Å². The van der Waals surface area contributed by atoms with Crippen LogP contribution in [0.25, 0.3) is 0 Å². The number of hydrazine groups is 2. The molecule has 0 bridgehead atoms. The van der Waals surface area contributed by atoms with Crippen molar-refractivity contribution in [1.29, 1.82) is 0 Å². The van der Waals surface area contributed by atoms with E-state index in [1.165, 1.54) is 12.1 Å². The summed E-state index contributed by atoms with van der Waals surface area (Å²) in [7, 11) is 0. The summed E-state index contributed by atoms with van der Waals surface area (Å²) in [6.45, 7) is 0. The molecule has 0 aromatic heterocycles. The van der Waals surface area contributed by atoms with Gasteiger partial charge in [0.15, 0.2) is 10.1 Å². The Kier molecular flexibility index (Phi) is 5.82. The monoisotopic (exact) mass is 409 g/mol. The molecule has 0 aliphatic heterocycles. The second-order valence-electron chi connectivity index (χ2n) is 6.26. The summed E-state index contributed by atoms with van der Waals surface area (Å²) >= 11 is 0. The SMILES string of the molecule is O=[N+]([O-])Nc1ccc(C(c2ccc(N[N+](=O)[O-])cc2)c2ccc([N+](=O)[O-])cc2)cc1. The number of nitro groups is 3. The summed E-state index contributed by atoms with van der Waals surface area (Å²) in [5, 5.41) is 30.9. The minimum Gasteiger partial charge on any atom is -0.258 e. The molecule has 0 amide bonds.